The molecule has 1 saturated carbocycles. The Kier molecular flexibility index (Phi) is 6.22. The van der Waals surface area contributed by atoms with Gasteiger partial charge in [0.1, 0.15) is 41.0 Å². The fourth-order valence-electron chi connectivity index (χ4n) is 4.92. The van der Waals surface area contributed by atoms with E-state index in [0.717, 1.165) is 37.0 Å². The van der Waals surface area contributed by atoms with E-state index >= 15 is 0 Å². The number of fused-ring (bicyclic) bond motifs is 1. The summed E-state index contributed by atoms with van der Waals surface area (Å²) in [6, 6.07) is 19.3. The number of nitrogen functional groups attached to an aromatic ring is 1. The van der Waals surface area contributed by atoms with E-state index < -0.39 is 0 Å². The van der Waals surface area contributed by atoms with Crippen molar-refractivity contribution in [3.05, 3.63) is 72.6 Å². The maximum absolute atomic E-state index is 13.1. The van der Waals surface area contributed by atoms with Crippen LogP contribution in [0.3, 0.4) is 0 Å². The normalized spacial score (nSPS) is 17.8. The van der Waals surface area contributed by atoms with Crippen LogP contribution >= 0.6 is 0 Å². The van der Waals surface area contributed by atoms with E-state index in [0.29, 0.717) is 47.3 Å². The van der Waals surface area contributed by atoms with Crippen molar-refractivity contribution in [1.29, 1.82) is 5.26 Å². The number of hydrogen-bond donors (Lipinski definition) is 1. The molecule has 9 heteroatoms. The van der Waals surface area contributed by atoms with Crippen LogP contribution in [0.4, 0.5) is 5.82 Å². The van der Waals surface area contributed by atoms with E-state index in [4.69, 9.17) is 15.6 Å². The number of amides is 1. The number of rotatable bonds is 6. The predicted molar refractivity (Wildman–Crippen MR) is 143 cm³/mol. The van der Waals surface area contributed by atoms with Crippen molar-refractivity contribution in [1.82, 2.24) is 24.6 Å². The molecule has 4 aromatic rings. The number of nitrogens with two attached hydrogens (primary N) is 1. The average molecular weight is 506 g/mol. The van der Waals surface area contributed by atoms with E-state index in [1.807, 2.05) is 65.4 Å². The molecule has 2 aliphatic rings. The number of piperidine rings is 1. The fourth-order valence-corrected chi connectivity index (χ4v) is 4.92. The third-order valence-electron chi connectivity index (χ3n) is 7.03. The Bertz CT molecular complexity index is 1550. The first-order valence-corrected chi connectivity index (χ1v) is 12.8. The van der Waals surface area contributed by atoms with Crippen LogP contribution in [0.5, 0.6) is 11.5 Å². The number of allylic oxidation sites excluding steroid dienone is 1. The zero-order chi connectivity index (χ0) is 26.1. The Balaban J connectivity index is 1.30. The zero-order valence-corrected chi connectivity index (χ0v) is 20.8. The lowest BCUT2D eigenvalue weighted by molar-refractivity contribution is -0.128. The lowest BCUT2D eigenvalue weighted by Gasteiger charge is -2.32. The minimum absolute atomic E-state index is 0.0974. The summed E-state index contributed by atoms with van der Waals surface area (Å²) < 4.78 is 7.80. The number of carbonyl (C=O) groups is 1. The summed E-state index contributed by atoms with van der Waals surface area (Å²) in [7, 11) is 0. The Morgan fingerprint density at radius 2 is 1.82 bits per heavy atom. The van der Waals surface area contributed by atoms with Crippen LogP contribution in [-0.4, -0.2) is 43.6 Å². The van der Waals surface area contributed by atoms with Crippen molar-refractivity contribution in [3.8, 4) is 28.8 Å². The van der Waals surface area contributed by atoms with E-state index in [1.54, 1.807) is 4.90 Å². The van der Waals surface area contributed by atoms with Gasteiger partial charge in [-0.2, -0.15) is 10.4 Å². The third kappa shape index (κ3) is 4.68. The number of benzene rings is 2. The smallest absolute Gasteiger partial charge is 0.264 e. The minimum atomic E-state index is -0.205. The number of nitriles is 1. The number of para-hydroxylation sites is 1. The molecule has 2 aromatic heterocycles. The Labute approximate surface area is 220 Å². The average Bonchev–Trinajstić information content (AvgIpc) is 3.69. The predicted octanol–water partition coefficient (Wildman–Crippen LogP) is 4.89. The molecule has 3 heterocycles. The van der Waals surface area contributed by atoms with Gasteiger partial charge in [-0.25, -0.2) is 14.6 Å². The number of hydrogen-bond acceptors (Lipinski definition) is 7. The second-order valence-electron chi connectivity index (χ2n) is 9.77. The highest BCUT2D eigenvalue weighted by molar-refractivity contribution is 5.99. The molecule has 1 aliphatic heterocycles. The van der Waals surface area contributed by atoms with E-state index in [2.05, 4.69) is 16.0 Å². The van der Waals surface area contributed by atoms with Gasteiger partial charge < -0.3 is 15.4 Å². The van der Waals surface area contributed by atoms with E-state index in [-0.39, 0.29) is 17.5 Å². The van der Waals surface area contributed by atoms with Crippen LogP contribution in [0.25, 0.3) is 22.3 Å². The first-order valence-electron chi connectivity index (χ1n) is 12.8. The number of likely N-dealkylation sites (tertiary alicyclic amines) is 1. The summed E-state index contributed by atoms with van der Waals surface area (Å²) >= 11 is 0. The molecule has 2 aromatic carbocycles. The van der Waals surface area contributed by atoms with Gasteiger partial charge in [0.05, 0.1) is 11.4 Å². The molecule has 1 saturated heterocycles. The summed E-state index contributed by atoms with van der Waals surface area (Å²) in [4.78, 5) is 23.6. The summed E-state index contributed by atoms with van der Waals surface area (Å²) in [5.41, 5.74) is 8.73. The van der Waals surface area contributed by atoms with Gasteiger partial charge in [0.2, 0.25) is 0 Å². The highest BCUT2D eigenvalue weighted by Gasteiger charge is 2.31. The topological polar surface area (TPSA) is 123 Å². The molecule has 0 radical (unpaired) electrons. The second kappa shape index (κ2) is 9.98. The maximum Gasteiger partial charge on any atom is 0.264 e. The minimum Gasteiger partial charge on any atom is -0.457 e. The van der Waals surface area contributed by atoms with Gasteiger partial charge in [0.25, 0.3) is 5.91 Å². The van der Waals surface area contributed by atoms with Crippen LogP contribution in [0, 0.1) is 17.2 Å². The molecule has 0 unspecified atom stereocenters. The van der Waals surface area contributed by atoms with E-state index in [1.165, 1.54) is 6.33 Å². The number of ether oxygens (including phenoxy) is 1. The van der Waals surface area contributed by atoms with Crippen LogP contribution in [-0.2, 0) is 4.79 Å². The van der Waals surface area contributed by atoms with Gasteiger partial charge in [0, 0.05) is 18.7 Å². The van der Waals surface area contributed by atoms with Crippen molar-refractivity contribution in [3.63, 3.8) is 0 Å². The molecule has 9 nitrogen and oxygen atoms in total. The van der Waals surface area contributed by atoms with E-state index in [9.17, 15) is 10.1 Å². The van der Waals surface area contributed by atoms with Crippen molar-refractivity contribution >= 4 is 22.8 Å². The zero-order valence-electron chi connectivity index (χ0n) is 20.8. The molecule has 6 rings (SSSR count). The SMILES string of the molecule is N#C/C(=C\C1CC1)C(=O)N1CCC[C@@H](n2nc(-c3ccc(Oc4ccccc4)cc3)c3c(N)ncnc32)C1. The van der Waals surface area contributed by atoms with Gasteiger partial charge in [-0.3, -0.25) is 4.79 Å². The molecule has 1 atom stereocenters. The summed E-state index contributed by atoms with van der Waals surface area (Å²) in [6.45, 7) is 1.07. The van der Waals surface area contributed by atoms with Gasteiger partial charge >= 0.3 is 0 Å². The third-order valence-corrected chi connectivity index (χ3v) is 7.03. The monoisotopic (exact) mass is 505 g/mol. The molecule has 38 heavy (non-hydrogen) atoms. The van der Waals surface area contributed by atoms with Crippen LogP contribution in [0.2, 0.25) is 0 Å². The molecular weight excluding hydrogens is 478 g/mol. The highest BCUT2D eigenvalue weighted by Crippen LogP contribution is 2.35. The fraction of sp³-hybridized carbons (Fsp3) is 0.276. The molecule has 0 spiro atoms. The van der Waals surface area contributed by atoms with Gasteiger partial charge in [-0.05, 0) is 68.0 Å². The number of carbonyl (C=O) groups excluding carboxylic acids is 1. The summed E-state index contributed by atoms with van der Waals surface area (Å²) in [5.74, 6) is 1.97. The standard InChI is InChI=1S/C29H27N7O2/c30-16-21(15-19-8-9-19)29(37)35-14-4-5-22(17-35)36-28-25(27(31)32-18-33-28)26(34-36)20-10-12-24(13-11-20)38-23-6-2-1-3-7-23/h1-3,6-7,10-13,15,18-19,22H,4-5,8-9,14,17H2,(H2,31,32,33)/b21-15+/t22-/m1/s1. The Hall–Kier alpha value is -4.71. The van der Waals surface area contributed by atoms with Gasteiger partial charge in [0.15, 0.2) is 5.65 Å². The molecule has 1 aliphatic carbocycles. The second-order valence-corrected chi connectivity index (χ2v) is 9.77. The lowest BCUT2D eigenvalue weighted by atomic mass is 10.0. The lowest BCUT2D eigenvalue weighted by Crippen LogP contribution is -2.41. The maximum atomic E-state index is 13.1. The molecule has 0 bridgehead atoms. The van der Waals surface area contributed by atoms with Gasteiger partial charge in [-0.15, -0.1) is 0 Å². The largest absolute Gasteiger partial charge is 0.457 e. The first-order chi connectivity index (χ1) is 18.6. The van der Waals surface area contributed by atoms with Crippen molar-refractivity contribution < 1.29 is 9.53 Å². The highest BCUT2D eigenvalue weighted by atomic mass is 16.5. The van der Waals surface area contributed by atoms with Gasteiger partial charge in [-0.1, -0.05) is 24.3 Å². The molecule has 2 fully saturated rings. The molecule has 1 amide bonds. The molecule has 2 N–H and O–H groups in total. The van der Waals surface area contributed by atoms with Crippen LogP contribution in [0.1, 0.15) is 31.7 Å². The Morgan fingerprint density at radius 1 is 1.05 bits per heavy atom. The molecule has 190 valence electrons. The van der Waals surface area contributed by atoms with Crippen LogP contribution in [0.15, 0.2) is 72.6 Å². The Morgan fingerprint density at radius 3 is 2.55 bits per heavy atom. The summed E-state index contributed by atoms with van der Waals surface area (Å²) in [5, 5.41) is 15.2. The van der Waals surface area contributed by atoms with Crippen molar-refractivity contribution in [2.75, 3.05) is 18.8 Å². The van der Waals surface area contributed by atoms with Crippen molar-refractivity contribution in [2.24, 2.45) is 5.92 Å². The number of anilines is 1. The molecular formula is C29H27N7O2. The first kappa shape index (κ1) is 23.7. The van der Waals surface area contributed by atoms with Crippen LogP contribution < -0.4 is 10.5 Å². The van der Waals surface area contributed by atoms with Crippen molar-refractivity contribution in [2.45, 2.75) is 31.7 Å². The quantitative estimate of drug-likeness (QED) is 0.292. The number of aromatic nitrogens is 4. The number of nitrogens with zero attached hydrogens (tertiary/aromatic N) is 6. The summed E-state index contributed by atoms with van der Waals surface area (Å²) in [6.07, 6.45) is 7.00.